The lowest BCUT2D eigenvalue weighted by Crippen LogP contribution is -2.22. The Morgan fingerprint density at radius 3 is 1.86 bits per heavy atom. The maximum atomic E-state index is 13.1. The van der Waals surface area contributed by atoms with Crippen molar-refractivity contribution in [1.82, 2.24) is 0 Å². The Morgan fingerprint density at radius 2 is 1.36 bits per heavy atom. The minimum Gasteiger partial charge on any atom is -0.494 e. The highest BCUT2D eigenvalue weighted by atomic mass is 32.2. The zero-order chi connectivity index (χ0) is 32.8. The van der Waals surface area contributed by atoms with Crippen LogP contribution in [0.3, 0.4) is 0 Å². The van der Waals surface area contributed by atoms with Gasteiger partial charge in [-0.2, -0.15) is 16.8 Å². The van der Waals surface area contributed by atoms with Crippen LogP contribution in [0.4, 0.5) is 28.4 Å². The van der Waals surface area contributed by atoms with Crippen molar-refractivity contribution >= 4 is 60.4 Å². The predicted octanol–water partition coefficient (Wildman–Crippen LogP) is 3.16. The number of azo groups is 1. The Bertz CT molecular complexity index is 1910. The molecule has 0 heterocycles. The van der Waals surface area contributed by atoms with Gasteiger partial charge in [0.15, 0.2) is 21.3 Å². The molecule has 4 N–H and O–H groups in total. The van der Waals surface area contributed by atoms with Crippen molar-refractivity contribution in [3.05, 3.63) is 74.8 Å². The minimum atomic E-state index is -5.15. The van der Waals surface area contributed by atoms with Gasteiger partial charge in [-0.1, -0.05) is 18.2 Å². The summed E-state index contributed by atoms with van der Waals surface area (Å²) in [7, 11) is -8.17. The number of amidine groups is 1. The number of carbonyl (C=O) groups excluding carboxylic acids is 1. The molecule has 0 fully saturated rings. The van der Waals surface area contributed by atoms with Gasteiger partial charge in [0.1, 0.15) is 11.4 Å². The van der Waals surface area contributed by atoms with Crippen LogP contribution in [-0.2, 0) is 25.0 Å². The van der Waals surface area contributed by atoms with Gasteiger partial charge in [-0.3, -0.25) is 39.6 Å². The molecule has 1 amide bonds. The fourth-order valence-electron chi connectivity index (χ4n) is 3.33. The van der Waals surface area contributed by atoms with Crippen molar-refractivity contribution in [3.63, 3.8) is 0 Å². The molecule has 0 bridgehead atoms. The summed E-state index contributed by atoms with van der Waals surface area (Å²) in [5.74, 6) is -2.68. The number of hydrazone groups is 1. The van der Waals surface area contributed by atoms with E-state index in [2.05, 4.69) is 26.1 Å². The van der Waals surface area contributed by atoms with Crippen molar-refractivity contribution in [3.8, 4) is 11.5 Å². The molecule has 44 heavy (non-hydrogen) atoms. The largest absolute Gasteiger partial charge is 0.494 e. The number of para-hydroxylation sites is 1. The number of ether oxygens (including phenoxy) is 2. The van der Waals surface area contributed by atoms with Gasteiger partial charge >= 0.3 is 20.2 Å². The van der Waals surface area contributed by atoms with Gasteiger partial charge in [0.05, 0.1) is 36.2 Å². The second-order valence-electron chi connectivity index (χ2n) is 8.04. The quantitative estimate of drug-likeness (QED) is 0.0610. The molecular weight excluding hydrogens is 634 g/mol. The zero-order valence-corrected chi connectivity index (χ0v) is 23.8. The van der Waals surface area contributed by atoms with E-state index in [0.29, 0.717) is 24.3 Å². The molecule has 0 saturated heterocycles. The van der Waals surface area contributed by atoms with Crippen LogP contribution in [0.5, 0.6) is 11.5 Å². The van der Waals surface area contributed by atoms with E-state index < -0.39 is 80.1 Å². The van der Waals surface area contributed by atoms with Crippen molar-refractivity contribution in [2.24, 2.45) is 15.3 Å². The molecule has 22 heteroatoms. The average Bonchev–Trinajstić information content (AvgIpc) is 2.95. The number of anilines is 2. The first-order chi connectivity index (χ1) is 20.6. The van der Waals surface area contributed by atoms with E-state index in [4.69, 9.17) is 9.47 Å². The maximum absolute atomic E-state index is 13.1. The molecule has 0 aliphatic heterocycles. The number of nitro benzene ring substituents is 2. The van der Waals surface area contributed by atoms with E-state index >= 15 is 0 Å². The van der Waals surface area contributed by atoms with Gasteiger partial charge in [-0.25, -0.2) is 0 Å². The molecule has 20 nitrogen and oxygen atoms in total. The van der Waals surface area contributed by atoms with Crippen LogP contribution in [0.15, 0.2) is 79.7 Å². The third-order valence-electron chi connectivity index (χ3n) is 5.26. The van der Waals surface area contributed by atoms with Crippen LogP contribution in [-0.4, -0.2) is 61.8 Å². The average molecular weight is 654 g/mol. The highest BCUT2D eigenvalue weighted by Gasteiger charge is 2.29. The van der Waals surface area contributed by atoms with Gasteiger partial charge in [0.25, 0.3) is 23.1 Å². The van der Waals surface area contributed by atoms with Crippen LogP contribution in [0, 0.1) is 20.2 Å². The van der Waals surface area contributed by atoms with E-state index in [1.54, 1.807) is 18.2 Å². The Kier molecular flexibility index (Phi) is 9.85. The second-order valence-corrected chi connectivity index (χ2v) is 10.8. The molecule has 0 aromatic heterocycles. The van der Waals surface area contributed by atoms with Crippen molar-refractivity contribution in [1.29, 1.82) is 0 Å². The first-order valence-corrected chi connectivity index (χ1v) is 14.2. The van der Waals surface area contributed by atoms with Crippen LogP contribution >= 0.6 is 0 Å². The third-order valence-corrected chi connectivity index (χ3v) is 7.03. The molecule has 232 valence electrons. The molecule has 0 atom stereocenters. The first kappa shape index (κ1) is 32.9. The zero-order valence-electron chi connectivity index (χ0n) is 22.1. The normalized spacial score (nSPS) is 12.0. The first-order valence-electron chi connectivity index (χ1n) is 11.4. The molecule has 0 radical (unpaired) electrons. The number of hydrogen-bond donors (Lipinski definition) is 4. The molecule has 3 rings (SSSR count). The summed E-state index contributed by atoms with van der Waals surface area (Å²) in [4.78, 5) is 31.2. The lowest BCUT2D eigenvalue weighted by molar-refractivity contribution is -0.388. The van der Waals surface area contributed by atoms with Crippen molar-refractivity contribution < 1.29 is 50.1 Å². The van der Waals surface area contributed by atoms with Gasteiger partial charge in [-0.15, -0.1) is 15.3 Å². The highest BCUT2D eigenvalue weighted by Crippen LogP contribution is 2.38. The standard InChI is InChI=1S/C22H19N7O13S2/c1-41-17-10-15(28(31)32)19(43(35,36)37)8-13(17)24-26-21(22(30)23-12-6-4-3-5-7-12)27-25-14-9-20(44(38,39)40)16(29(33)34)11-18(14)42-2/h3-11,24H,1-2H3,(H,23,30)(H,35,36,37)(H,38,39,40)/b26-21-,27-25+. The van der Waals surface area contributed by atoms with Gasteiger partial charge in [0, 0.05) is 5.69 Å². The molecule has 0 saturated carbocycles. The van der Waals surface area contributed by atoms with Gasteiger partial charge < -0.3 is 14.8 Å². The van der Waals surface area contributed by atoms with E-state index in [-0.39, 0.29) is 11.4 Å². The van der Waals surface area contributed by atoms with Crippen LogP contribution in [0.1, 0.15) is 0 Å². The topological polar surface area (TPSA) is 292 Å². The smallest absolute Gasteiger partial charge is 0.301 e. The lowest BCUT2D eigenvalue weighted by atomic mass is 10.2. The molecular formula is C22H19N7O13S2. The summed E-state index contributed by atoms with van der Waals surface area (Å²) < 4.78 is 76.0. The van der Waals surface area contributed by atoms with E-state index in [1.807, 2.05) is 0 Å². The number of carbonyl (C=O) groups is 1. The maximum Gasteiger partial charge on any atom is 0.301 e. The number of methoxy groups -OCH3 is 2. The van der Waals surface area contributed by atoms with Crippen LogP contribution in [0.2, 0.25) is 0 Å². The number of nitrogens with zero attached hydrogens (tertiary/aromatic N) is 5. The summed E-state index contributed by atoms with van der Waals surface area (Å²) in [6.07, 6.45) is 0. The number of rotatable bonds is 10. The molecule has 3 aromatic carbocycles. The van der Waals surface area contributed by atoms with E-state index in [1.165, 1.54) is 12.1 Å². The summed E-state index contributed by atoms with van der Waals surface area (Å²) >= 11 is 0. The molecule has 3 aromatic rings. The second kappa shape index (κ2) is 13.2. The molecule has 0 aliphatic carbocycles. The van der Waals surface area contributed by atoms with Crippen molar-refractivity contribution in [2.45, 2.75) is 9.79 Å². The number of amides is 1. The molecule has 0 aliphatic rings. The predicted molar refractivity (Wildman–Crippen MR) is 150 cm³/mol. The third kappa shape index (κ3) is 7.82. The summed E-state index contributed by atoms with van der Waals surface area (Å²) in [6.45, 7) is 0. The number of benzene rings is 3. The Hall–Kier alpha value is -5.58. The lowest BCUT2D eigenvalue weighted by Gasteiger charge is -2.11. The van der Waals surface area contributed by atoms with E-state index in [9.17, 15) is 51.0 Å². The van der Waals surface area contributed by atoms with E-state index in [0.717, 1.165) is 14.2 Å². The fraction of sp³-hybridized carbons (Fsp3) is 0.0909. The summed E-state index contributed by atoms with van der Waals surface area (Å²) in [6, 6.07) is 10.2. The van der Waals surface area contributed by atoms with Crippen LogP contribution in [0.25, 0.3) is 0 Å². The monoisotopic (exact) mass is 653 g/mol. The Balaban J connectivity index is 2.18. The highest BCUT2D eigenvalue weighted by molar-refractivity contribution is 7.86. The minimum absolute atomic E-state index is 0.239. The van der Waals surface area contributed by atoms with Crippen LogP contribution < -0.4 is 20.2 Å². The summed E-state index contributed by atoms with van der Waals surface area (Å²) in [5, 5.41) is 36.1. The Morgan fingerprint density at radius 1 is 0.841 bits per heavy atom. The summed E-state index contributed by atoms with van der Waals surface area (Å²) in [5.41, 5.74) is -0.559. The number of hydrogen-bond acceptors (Lipinski definition) is 14. The number of nitrogens with one attached hydrogen (secondary N) is 2. The number of nitro groups is 2. The molecule has 0 unspecified atom stereocenters. The fourth-order valence-corrected chi connectivity index (χ4v) is 4.65. The molecule has 0 spiro atoms. The van der Waals surface area contributed by atoms with Crippen molar-refractivity contribution in [2.75, 3.05) is 25.0 Å². The van der Waals surface area contributed by atoms with Gasteiger partial charge in [-0.05, 0) is 24.3 Å². The van der Waals surface area contributed by atoms with Gasteiger partial charge in [0.2, 0.25) is 0 Å². The SMILES string of the molecule is COc1cc([N+](=O)[O-])c(S(=O)(=O)O)cc1/N=N/C(=N\Nc1cc(S(=O)(=O)O)c([N+](=O)[O-])cc1OC)C(=O)Nc1ccccc1. The Labute approximate surface area is 246 Å².